The Morgan fingerprint density at radius 2 is 1.81 bits per heavy atom. The number of benzene rings is 2. The van der Waals surface area contributed by atoms with E-state index in [2.05, 4.69) is 20.8 Å². The number of nitrogens with two attached hydrogens (primary N) is 1. The van der Waals surface area contributed by atoms with Crippen LogP contribution in [0.25, 0.3) is 11.5 Å². The van der Waals surface area contributed by atoms with Crippen LogP contribution in [0.4, 0.5) is 30.6 Å². The number of para-hydroxylation sites is 1. The highest BCUT2D eigenvalue weighted by atomic mass is 35.5. The Bertz CT molecular complexity index is 944. The third-order valence-corrected chi connectivity index (χ3v) is 3.29. The summed E-state index contributed by atoms with van der Waals surface area (Å²) in [5, 5.41) is 20.0. The molecular weight excluding hydrogens is 385 g/mol. The van der Waals surface area contributed by atoms with Gasteiger partial charge in [-0.05, 0) is 30.3 Å². The SMILES string of the molecule is Cl.N=C(N)Nc1nnc(-c2ccccc2Nc2cccc(C(F)(F)F)c2)o1. The highest BCUT2D eigenvalue weighted by Crippen LogP contribution is 2.33. The van der Waals surface area contributed by atoms with Crippen LogP contribution in [0.2, 0.25) is 0 Å². The fourth-order valence-corrected chi connectivity index (χ4v) is 2.21. The lowest BCUT2D eigenvalue weighted by molar-refractivity contribution is -0.137. The Balaban J connectivity index is 0.00000261. The minimum Gasteiger partial charge on any atom is -0.403 e. The lowest BCUT2D eigenvalue weighted by atomic mass is 10.1. The molecular formula is C16H14ClF3N6O. The molecule has 0 aliphatic heterocycles. The number of guanidine groups is 1. The van der Waals surface area contributed by atoms with E-state index in [1.807, 2.05) is 0 Å². The normalized spacial score (nSPS) is 10.8. The van der Waals surface area contributed by atoms with E-state index in [1.54, 1.807) is 24.3 Å². The number of nitrogens with zero attached hydrogens (tertiary/aromatic N) is 2. The second-order valence-electron chi connectivity index (χ2n) is 5.20. The van der Waals surface area contributed by atoms with Crippen molar-refractivity contribution in [2.24, 2.45) is 5.73 Å². The van der Waals surface area contributed by atoms with Crippen LogP contribution in [0.3, 0.4) is 0 Å². The maximum Gasteiger partial charge on any atom is 0.416 e. The number of aromatic nitrogens is 2. The predicted octanol–water partition coefficient (Wildman–Crippen LogP) is 4.23. The molecule has 3 aromatic rings. The summed E-state index contributed by atoms with van der Waals surface area (Å²) in [5.41, 5.74) is 5.65. The third-order valence-electron chi connectivity index (χ3n) is 3.29. The van der Waals surface area contributed by atoms with E-state index in [4.69, 9.17) is 15.6 Å². The van der Waals surface area contributed by atoms with Crippen LogP contribution >= 0.6 is 12.4 Å². The van der Waals surface area contributed by atoms with Crippen molar-refractivity contribution in [1.29, 1.82) is 5.41 Å². The van der Waals surface area contributed by atoms with Gasteiger partial charge in [-0.3, -0.25) is 10.7 Å². The number of hydrogen-bond acceptors (Lipinski definition) is 5. The fourth-order valence-electron chi connectivity index (χ4n) is 2.21. The van der Waals surface area contributed by atoms with Crippen LogP contribution < -0.4 is 16.4 Å². The Kier molecular flexibility index (Phi) is 5.91. The van der Waals surface area contributed by atoms with Gasteiger partial charge in [0, 0.05) is 5.69 Å². The van der Waals surface area contributed by atoms with Gasteiger partial charge in [-0.2, -0.15) is 13.2 Å². The lowest BCUT2D eigenvalue weighted by Gasteiger charge is -2.12. The molecule has 0 amide bonds. The Morgan fingerprint density at radius 3 is 2.52 bits per heavy atom. The van der Waals surface area contributed by atoms with Crippen LogP contribution in [-0.2, 0) is 6.18 Å². The molecule has 0 unspecified atom stereocenters. The summed E-state index contributed by atoms with van der Waals surface area (Å²) in [6.45, 7) is 0. The highest BCUT2D eigenvalue weighted by molar-refractivity contribution is 5.87. The zero-order chi connectivity index (χ0) is 18.7. The first-order valence-corrected chi connectivity index (χ1v) is 7.31. The molecule has 0 spiro atoms. The number of alkyl halides is 3. The van der Waals surface area contributed by atoms with Gasteiger partial charge < -0.3 is 15.5 Å². The molecule has 1 aromatic heterocycles. The molecule has 11 heteroatoms. The average Bonchev–Trinajstić information content (AvgIpc) is 3.02. The van der Waals surface area contributed by atoms with Crippen LogP contribution in [0, 0.1) is 5.41 Å². The molecule has 0 bridgehead atoms. The van der Waals surface area contributed by atoms with Crippen molar-refractivity contribution in [3.05, 3.63) is 54.1 Å². The Labute approximate surface area is 157 Å². The van der Waals surface area contributed by atoms with Gasteiger partial charge in [0.25, 0.3) is 5.89 Å². The van der Waals surface area contributed by atoms with Gasteiger partial charge in [-0.15, -0.1) is 17.5 Å². The first kappa shape index (κ1) is 20.0. The Morgan fingerprint density at radius 1 is 1.07 bits per heavy atom. The summed E-state index contributed by atoms with van der Waals surface area (Å²) < 4.78 is 43.9. The predicted molar refractivity (Wildman–Crippen MR) is 97.2 cm³/mol. The first-order chi connectivity index (χ1) is 12.3. The maximum atomic E-state index is 12.9. The van der Waals surface area contributed by atoms with Gasteiger partial charge in [0.05, 0.1) is 16.8 Å². The van der Waals surface area contributed by atoms with Crippen LogP contribution in [0.5, 0.6) is 0 Å². The number of hydrogen-bond donors (Lipinski definition) is 4. The molecule has 0 saturated carbocycles. The average molecular weight is 399 g/mol. The first-order valence-electron chi connectivity index (χ1n) is 7.31. The van der Waals surface area contributed by atoms with Crippen molar-refractivity contribution in [3.63, 3.8) is 0 Å². The topological polar surface area (TPSA) is 113 Å². The molecule has 3 rings (SSSR count). The summed E-state index contributed by atoms with van der Waals surface area (Å²) in [5.74, 6) is -0.251. The van der Waals surface area contributed by atoms with Crippen molar-refractivity contribution >= 4 is 35.8 Å². The van der Waals surface area contributed by atoms with Crippen molar-refractivity contribution < 1.29 is 17.6 Å². The maximum absolute atomic E-state index is 12.9. The fraction of sp³-hybridized carbons (Fsp3) is 0.0625. The summed E-state index contributed by atoms with van der Waals surface area (Å²) in [6.07, 6.45) is -4.43. The molecule has 5 N–H and O–H groups in total. The third kappa shape index (κ3) is 4.88. The molecule has 0 atom stereocenters. The van der Waals surface area contributed by atoms with E-state index in [1.165, 1.54) is 12.1 Å². The zero-order valence-corrected chi connectivity index (χ0v) is 14.4. The van der Waals surface area contributed by atoms with E-state index in [0.717, 1.165) is 12.1 Å². The number of rotatable bonds is 4. The van der Waals surface area contributed by atoms with E-state index in [0.29, 0.717) is 11.3 Å². The molecule has 0 saturated heterocycles. The van der Waals surface area contributed by atoms with Crippen molar-refractivity contribution in [2.75, 3.05) is 10.6 Å². The summed E-state index contributed by atoms with van der Waals surface area (Å²) in [6, 6.07) is 11.5. The van der Waals surface area contributed by atoms with E-state index < -0.39 is 11.7 Å². The molecule has 0 fully saturated rings. The van der Waals surface area contributed by atoms with Crippen LogP contribution in [0.15, 0.2) is 52.9 Å². The summed E-state index contributed by atoms with van der Waals surface area (Å²) in [4.78, 5) is 0. The molecule has 0 radical (unpaired) electrons. The summed E-state index contributed by atoms with van der Waals surface area (Å²) >= 11 is 0. The van der Waals surface area contributed by atoms with E-state index in [-0.39, 0.29) is 36.0 Å². The number of halogens is 4. The Hall–Kier alpha value is -3.27. The van der Waals surface area contributed by atoms with Gasteiger partial charge in [0.2, 0.25) is 0 Å². The van der Waals surface area contributed by atoms with E-state index >= 15 is 0 Å². The minimum absolute atomic E-state index is 0. The quantitative estimate of drug-likeness (QED) is 0.386. The van der Waals surface area contributed by atoms with Gasteiger partial charge in [0.15, 0.2) is 5.96 Å². The summed E-state index contributed by atoms with van der Waals surface area (Å²) in [7, 11) is 0. The molecule has 0 aliphatic rings. The van der Waals surface area contributed by atoms with Gasteiger partial charge >= 0.3 is 12.2 Å². The van der Waals surface area contributed by atoms with Crippen LogP contribution in [-0.4, -0.2) is 16.2 Å². The van der Waals surface area contributed by atoms with E-state index in [9.17, 15) is 13.2 Å². The van der Waals surface area contributed by atoms with Crippen molar-refractivity contribution in [3.8, 4) is 11.5 Å². The second-order valence-corrected chi connectivity index (χ2v) is 5.20. The second kappa shape index (κ2) is 7.96. The molecule has 27 heavy (non-hydrogen) atoms. The van der Waals surface area contributed by atoms with Gasteiger partial charge in [-0.25, -0.2) is 0 Å². The van der Waals surface area contributed by atoms with Crippen molar-refractivity contribution in [1.82, 2.24) is 10.2 Å². The lowest BCUT2D eigenvalue weighted by Crippen LogP contribution is -2.20. The van der Waals surface area contributed by atoms with Gasteiger partial charge in [-0.1, -0.05) is 23.3 Å². The monoisotopic (exact) mass is 398 g/mol. The number of nitrogens with one attached hydrogen (secondary N) is 3. The standard InChI is InChI=1S/C16H13F3N6O.ClH/c17-16(18,19)9-4-3-5-10(8-9)22-12-7-2-1-6-11(12)13-24-25-15(26-13)23-14(20)21;/h1-8,22H,(H4,20,21,23,25);1H. The molecule has 7 nitrogen and oxygen atoms in total. The number of anilines is 3. The highest BCUT2D eigenvalue weighted by Gasteiger charge is 2.30. The molecule has 2 aromatic carbocycles. The van der Waals surface area contributed by atoms with Gasteiger partial charge in [0.1, 0.15) is 0 Å². The zero-order valence-electron chi connectivity index (χ0n) is 13.5. The minimum atomic E-state index is -4.43. The molecule has 1 heterocycles. The molecule has 142 valence electrons. The smallest absolute Gasteiger partial charge is 0.403 e. The van der Waals surface area contributed by atoms with Crippen LogP contribution in [0.1, 0.15) is 5.56 Å². The molecule has 0 aliphatic carbocycles. The largest absolute Gasteiger partial charge is 0.416 e. The van der Waals surface area contributed by atoms with Crippen molar-refractivity contribution in [2.45, 2.75) is 6.18 Å².